The van der Waals surface area contributed by atoms with Crippen LogP contribution in [-0.4, -0.2) is 25.0 Å². The van der Waals surface area contributed by atoms with Crippen molar-refractivity contribution in [3.63, 3.8) is 0 Å². The van der Waals surface area contributed by atoms with E-state index < -0.39 is 0 Å². The van der Waals surface area contributed by atoms with Gasteiger partial charge in [0.15, 0.2) is 0 Å². The van der Waals surface area contributed by atoms with E-state index in [2.05, 4.69) is 0 Å². The predicted octanol–water partition coefficient (Wildman–Crippen LogP) is 2.57. The number of ether oxygens (including phenoxy) is 1. The van der Waals surface area contributed by atoms with Crippen LogP contribution in [0.5, 0.6) is 5.75 Å². The lowest BCUT2D eigenvalue weighted by molar-refractivity contribution is -0.130. The van der Waals surface area contributed by atoms with Crippen LogP contribution in [0.1, 0.15) is 29.5 Å². The van der Waals surface area contributed by atoms with Gasteiger partial charge in [0.25, 0.3) is 0 Å². The van der Waals surface area contributed by atoms with Crippen LogP contribution in [0.2, 0.25) is 0 Å². The lowest BCUT2D eigenvalue weighted by Crippen LogP contribution is -2.26. The molecule has 1 aromatic rings. The molecule has 0 unspecified atom stereocenters. The summed E-state index contributed by atoms with van der Waals surface area (Å²) in [5.74, 6) is 0.768. The molecule has 0 spiro atoms. The lowest BCUT2D eigenvalue weighted by atomic mass is 10.0. The highest BCUT2D eigenvalue weighted by Crippen LogP contribution is 2.24. The molecule has 0 saturated heterocycles. The lowest BCUT2D eigenvalue weighted by Gasteiger charge is -2.19. The Morgan fingerprint density at radius 2 is 2.00 bits per heavy atom. The number of nitrogens with zero attached hydrogens (tertiary/aromatic N) is 2. The van der Waals surface area contributed by atoms with Gasteiger partial charge in [0.2, 0.25) is 5.91 Å². The van der Waals surface area contributed by atoms with E-state index in [9.17, 15) is 4.79 Å². The van der Waals surface area contributed by atoms with E-state index in [-0.39, 0.29) is 18.7 Å². The Kier molecular flexibility index (Phi) is 5.37. The number of hydrogen-bond acceptors (Lipinski definition) is 3. The molecule has 1 amide bonds. The van der Waals surface area contributed by atoms with Crippen LogP contribution in [0.3, 0.4) is 0 Å². The van der Waals surface area contributed by atoms with Gasteiger partial charge in [-0.25, -0.2) is 0 Å². The number of methoxy groups -OCH3 is 1. The van der Waals surface area contributed by atoms with Crippen LogP contribution >= 0.6 is 0 Å². The minimum atomic E-state index is -0.0261. The molecule has 19 heavy (non-hydrogen) atoms. The molecule has 0 saturated carbocycles. The largest absolute Gasteiger partial charge is 0.496 e. The molecule has 4 heteroatoms. The SMILES string of the molecule is COc1cc(C)c(C)cc1CN(C)C(=O)CCC#N. The number of rotatable bonds is 5. The Labute approximate surface area is 114 Å². The molecule has 0 aliphatic carbocycles. The summed E-state index contributed by atoms with van der Waals surface area (Å²) in [6, 6.07) is 6.01. The zero-order valence-corrected chi connectivity index (χ0v) is 12.0. The smallest absolute Gasteiger partial charge is 0.223 e. The summed E-state index contributed by atoms with van der Waals surface area (Å²) in [7, 11) is 3.37. The maximum atomic E-state index is 11.8. The first-order valence-electron chi connectivity index (χ1n) is 6.24. The number of aryl methyl sites for hydroxylation is 2. The summed E-state index contributed by atoms with van der Waals surface area (Å²) in [5, 5.41) is 8.50. The number of benzene rings is 1. The normalized spacial score (nSPS) is 9.84. The first-order chi connectivity index (χ1) is 8.99. The summed E-state index contributed by atoms with van der Waals surface area (Å²) in [6.45, 7) is 4.56. The highest BCUT2D eigenvalue weighted by molar-refractivity contribution is 5.76. The van der Waals surface area contributed by atoms with Crippen molar-refractivity contribution in [1.82, 2.24) is 4.90 Å². The summed E-state index contributed by atoms with van der Waals surface area (Å²) >= 11 is 0. The van der Waals surface area contributed by atoms with E-state index in [1.165, 1.54) is 11.1 Å². The summed E-state index contributed by atoms with van der Waals surface area (Å²) in [4.78, 5) is 13.4. The Balaban J connectivity index is 2.84. The van der Waals surface area contributed by atoms with Gasteiger partial charge in [-0.1, -0.05) is 6.07 Å². The number of amides is 1. The number of carbonyl (C=O) groups excluding carboxylic acids is 1. The third-order valence-electron chi connectivity index (χ3n) is 3.18. The molecule has 0 aliphatic rings. The Bertz CT molecular complexity index is 504. The maximum absolute atomic E-state index is 11.8. The van der Waals surface area contributed by atoms with Crippen molar-refractivity contribution in [1.29, 1.82) is 5.26 Å². The average Bonchev–Trinajstić information content (AvgIpc) is 2.39. The fraction of sp³-hybridized carbons (Fsp3) is 0.467. The monoisotopic (exact) mass is 260 g/mol. The minimum absolute atomic E-state index is 0.0261. The fourth-order valence-electron chi connectivity index (χ4n) is 1.86. The average molecular weight is 260 g/mol. The second kappa shape index (κ2) is 6.79. The molecule has 102 valence electrons. The molecular formula is C15H20N2O2. The Morgan fingerprint density at radius 3 is 2.58 bits per heavy atom. The summed E-state index contributed by atoms with van der Waals surface area (Å²) in [6.07, 6.45) is 0.521. The number of nitriles is 1. The van der Waals surface area contributed by atoms with Gasteiger partial charge in [0.1, 0.15) is 5.75 Å². The second-order valence-electron chi connectivity index (χ2n) is 4.66. The van der Waals surface area contributed by atoms with Gasteiger partial charge in [-0.15, -0.1) is 0 Å². The van der Waals surface area contributed by atoms with Gasteiger partial charge < -0.3 is 9.64 Å². The highest BCUT2D eigenvalue weighted by atomic mass is 16.5. The summed E-state index contributed by atoms with van der Waals surface area (Å²) in [5.41, 5.74) is 3.33. The summed E-state index contributed by atoms with van der Waals surface area (Å²) < 4.78 is 5.35. The van der Waals surface area contributed by atoms with Gasteiger partial charge in [0.05, 0.1) is 13.2 Å². The molecule has 4 nitrogen and oxygen atoms in total. The molecule has 0 fully saturated rings. The molecule has 1 rings (SSSR count). The zero-order valence-electron chi connectivity index (χ0n) is 12.0. The van der Waals surface area contributed by atoms with Crippen LogP contribution in [-0.2, 0) is 11.3 Å². The van der Waals surface area contributed by atoms with E-state index in [4.69, 9.17) is 10.00 Å². The van der Waals surface area contributed by atoms with E-state index >= 15 is 0 Å². The van der Waals surface area contributed by atoms with Crippen molar-refractivity contribution in [3.8, 4) is 11.8 Å². The number of carbonyl (C=O) groups is 1. The molecule has 0 aromatic heterocycles. The van der Waals surface area contributed by atoms with E-state index in [1.807, 2.05) is 32.0 Å². The van der Waals surface area contributed by atoms with Gasteiger partial charge in [0, 0.05) is 32.0 Å². The first-order valence-corrected chi connectivity index (χ1v) is 6.24. The number of hydrogen-bond donors (Lipinski definition) is 0. The van der Waals surface area contributed by atoms with E-state index in [1.54, 1.807) is 19.1 Å². The standard InChI is InChI=1S/C15H20N2O2/c1-11-8-13(14(19-4)9-12(11)2)10-17(3)15(18)6-5-7-16/h8-9H,5-6,10H2,1-4H3. The maximum Gasteiger partial charge on any atom is 0.223 e. The van der Waals surface area contributed by atoms with Crippen molar-refractivity contribution in [2.45, 2.75) is 33.2 Å². The predicted molar refractivity (Wildman–Crippen MR) is 73.8 cm³/mol. The van der Waals surface area contributed by atoms with Crippen LogP contribution in [0.15, 0.2) is 12.1 Å². The highest BCUT2D eigenvalue weighted by Gasteiger charge is 2.12. The van der Waals surface area contributed by atoms with Gasteiger partial charge >= 0.3 is 0 Å². The van der Waals surface area contributed by atoms with Crippen molar-refractivity contribution in [3.05, 3.63) is 28.8 Å². The quantitative estimate of drug-likeness (QED) is 0.817. The molecule has 0 radical (unpaired) electrons. The van der Waals surface area contributed by atoms with E-state index in [0.717, 1.165) is 11.3 Å². The molecule has 0 aliphatic heterocycles. The zero-order chi connectivity index (χ0) is 14.4. The van der Waals surface area contributed by atoms with Crippen molar-refractivity contribution >= 4 is 5.91 Å². The van der Waals surface area contributed by atoms with Crippen molar-refractivity contribution in [2.75, 3.05) is 14.2 Å². The van der Waals surface area contributed by atoms with Gasteiger partial charge in [-0.05, 0) is 31.0 Å². The molecule has 0 N–H and O–H groups in total. The molecular weight excluding hydrogens is 240 g/mol. The fourth-order valence-corrected chi connectivity index (χ4v) is 1.86. The van der Waals surface area contributed by atoms with E-state index in [0.29, 0.717) is 6.54 Å². The molecule has 0 atom stereocenters. The van der Waals surface area contributed by atoms with Crippen LogP contribution < -0.4 is 4.74 Å². The topological polar surface area (TPSA) is 53.3 Å². The van der Waals surface area contributed by atoms with Gasteiger partial charge in [-0.3, -0.25) is 4.79 Å². The molecule has 0 heterocycles. The third-order valence-corrected chi connectivity index (χ3v) is 3.18. The van der Waals surface area contributed by atoms with Crippen molar-refractivity contribution < 1.29 is 9.53 Å². The second-order valence-corrected chi connectivity index (χ2v) is 4.66. The van der Waals surface area contributed by atoms with Crippen LogP contribution in [0, 0.1) is 25.2 Å². The molecule has 1 aromatic carbocycles. The molecule has 0 bridgehead atoms. The Morgan fingerprint density at radius 1 is 1.37 bits per heavy atom. The van der Waals surface area contributed by atoms with Gasteiger partial charge in [-0.2, -0.15) is 5.26 Å². The van der Waals surface area contributed by atoms with Crippen LogP contribution in [0.4, 0.5) is 0 Å². The van der Waals surface area contributed by atoms with Crippen LogP contribution in [0.25, 0.3) is 0 Å². The third kappa shape index (κ3) is 3.99. The van der Waals surface area contributed by atoms with Crippen molar-refractivity contribution in [2.24, 2.45) is 0 Å². The first kappa shape index (κ1) is 15.0. The minimum Gasteiger partial charge on any atom is -0.496 e. The Hall–Kier alpha value is -2.02.